The number of amides is 1. The minimum atomic E-state index is -4.33. The Balaban J connectivity index is 1.77. The second-order valence-electron chi connectivity index (χ2n) is 5.64. The molecule has 8 heteroatoms. The molecule has 5 nitrogen and oxygen atoms in total. The molecule has 1 saturated heterocycles. The summed E-state index contributed by atoms with van der Waals surface area (Å²) in [7, 11) is 1.50. The Morgan fingerprint density at radius 1 is 1.12 bits per heavy atom. The van der Waals surface area contributed by atoms with E-state index in [4.69, 9.17) is 4.74 Å². The third-order valence-electron chi connectivity index (χ3n) is 3.72. The Labute approximate surface area is 138 Å². The Hall–Kier alpha value is -1.80. The largest absolute Gasteiger partial charge is 0.484 e. The van der Waals surface area contributed by atoms with E-state index in [2.05, 4.69) is 9.64 Å². The van der Waals surface area contributed by atoms with E-state index in [0.717, 1.165) is 18.7 Å². The summed E-state index contributed by atoms with van der Waals surface area (Å²) in [5.41, 5.74) is 0.992. The van der Waals surface area contributed by atoms with Crippen LogP contribution in [0.15, 0.2) is 24.3 Å². The summed E-state index contributed by atoms with van der Waals surface area (Å²) in [6.07, 6.45) is -4.33. The zero-order valence-corrected chi connectivity index (χ0v) is 13.5. The first-order valence-corrected chi connectivity index (χ1v) is 7.65. The van der Waals surface area contributed by atoms with Crippen molar-refractivity contribution >= 4 is 5.91 Å². The van der Waals surface area contributed by atoms with Crippen LogP contribution in [0.2, 0.25) is 0 Å². The second kappa shape index (κ2) is 8.34. The molecule has 1 aliphatic heterocycles. The molecule has 2 rings (SSSR count). The zero-order chi connectivity index (χ0) is 17.6. The Morgan fingerprint density at radius 3 is 2.29 bits per heavy atom. The van der Waals surface area contributed by atoms with Crippen LogP contribution in [0.4, 0.5) is 13.2 Å². The van der Waals surface area contributed by atoms with Gasteiger partial charge in [-0.25, -0.2) is 0 Å². The molecule has 134 valence electrons. The SMILES string of the molecule is COCC(=O)N1CCN(Cc2ccc(OCC(F)(F)F)cc2)CC1. The number of hydrogen-bond acceptors (Lipinski definition) is 4. The molecule has 0 aromatic heterocycles. The minimum absolute atomic E-state index is 0.0108. The lowest BCUT2D eigenvalue weighted by atomic mass is 10.2. The normalized spacial score (nSPS) is 16.2. The second-order valence-corrected chi connectivity index (χ2v) is 5.64. The maximum Gasteiger partial charge on any atom is 0.422 e. The molecular weight excluding hydrogens is 325 g/mol. The average molecular weight is 346 g/mol. The Morgan fingerprint density at radius 2 is 1.75 bits per heavy atom. The number of hydrogen-bond donors (Lipinski definition) is 0. The van der Waals surface area contributed by atoms with Gasteiger partial charge < -0.3 is 14.4 Å². The van der Waals surface area contributed by atoms with Gasteiger partial charge in [0.15, 0.2) is 6.61 Å². The fraction of sp³-hybridized carbons (Fsp3) is 0.562. The van der Waals surface area contributed by atoms with Crippen molar-refractivity contribution in [1.82, 2.24) is 9.80 Å². The number of halogens is 3. The number of nitrogens with zero attached hydrogens (tertiary/aromatic N) is 2. The van der Waals surface area contributed by atoms with Gasteiger partial charge in [-0.15, -0.1) is 0 Å². The van der Waals surface area contributed by atoms with Gasteiger partial charge in [0.05, 0.1) is 0 Å². The van der Waals surface area contributed by atoms with Crippen molar-refractivity contribution in [1.29, 1.82) is 0 Å². The highest BCUT2D eigenvalue weighted by Crippen LogP contribution is 2.19. The predicted octanol–water partition coefficient (Wildman–Crippen LogP) is 1.92. The highest BCUT2D eigenvalue weighted by Gasteiger charge is 2.28. The van der Waals surface area contributed by atoms with E-state index in [1.165, 1.54) is 7.11 Å². The third kappa shape index (κ3) is 6.01. The van der Waals surface area contributed by atoms with Gasteiger partial charge in [0, 0.05) is 39.8 Å². The summed E-state index contributed by atoms with van der Waals surface area (Å²) < 4.78 is 45.8. The van der Waals surface area contributed by atoms with Crippen molar-refractivity contribution in [2.45, 2.75) is 12.7 Å². The Kier molecular flexibility index (Phi) is 6.44. The maximum absolute atomic E-state index is 12.1. The molecule has 0 radical (unpaired) electrons. The summed E-state index contributed by atoms with van der Waals surface area (Å²) in [6, 6.07) is 6.60. The van der Waals surface area contributed by atoms with Gasteiger partial charge in [0.25, 0.3) is 0 Å². The molecule has 0 N–H and O–H groups in total. The molecule has 24 heavy (non-hydrogen) atoms. The van der Waals surface area contributed by atoms with E-state index in [1.54, 1.807) is 29.2 Å². The number of benzene rings is 1. The van der Waals surface area contributed by atoms with Gasteiger partial charge in [-0.3, -0.25) is 9.69 Å². The van der Waals surface area contributed by atoms with Crippen LogP contribution in [-0.2, 0) is 16.1 Å². The summed E-state index contributed by atoms with van der Waals surface area (Å²) in [5.74, 6) is 0.189. The molecule has 1 fully saturated rings. The molecule has 1 aliphatic rings. The van der Waals surface area contributed by atoms with Gasteiger partial charge >= 0.3 is 6.18 Å². The first-order valence-electron chi connectivity index (χ1n) is 7.65. The van der Waals surface area contributed by atoms with E-state index in [1.807, 2.05) is 0 Å². The molecule has 0 aliphatic carbocycles. The molecule has 0 unspecified atom stereocenters. The van der Waals surface area contributed by atoms with Crippen molar-refractivity contribution < 1.29 is 27.4 Å². The molecule has 1 heterocycles. The first-order chi connectivity index (χ1) is 11.4. The predicted molar refractivity (Wildman–Crippen MR) is 81.7 cm³/mol. The van der Waals surface area contributed by atoms with E-state index >= 15 is 0 Å². The summed E-state index contributed by atoms with van der Waals surface area (Å²) in [5, 5.41) is 0. The van der Waals surface area contributed by atoms with Crippen LogP contribution < -0.4 is 4.74 Å². The van der Waals surface area contributed by atoms with Crippen LogP contribution in [0.1, 0.15) is 5.56 Å². The van der Waals surface area contributed by atoms with E-state index in [9.17, 15) is 18.0 Å². The van der Waals surface area contributed by atoms with Crippen molar-refractivity contribution in [3.05, 3.63) is 29.8 Å². The van der Waals surface area contributed by atoms with Crippen LogP contribution in [0.3, 0.4) is 0 Å². The van der Waals surface area contributed by atoms with Gasteiger partial charge in [-0.1, -0.05) is 12.1 Å². The highest BCUT2D eigenvalue weighted by molar-refractivity contribution is 5.77. The monoisotopic (exact) mass is 346 g/mol. The standard InChI is InChI=1S/C16H21F3N2O3/c1-23-11-15(22)21-8-6-20(7-9-21)10-13-2-4-14(5-3-13)24-12-16(17,18)19/h2-5H,6-12H2,1H3. The van der Waals surface area contributed by atoms with Crippen LogP contribution in [0, 0.1) is 0 Å². The summed E-state index contributed by atoms with van der Waals surface area (Å²) in [4.78, 5) is 15.7. The lowest BCUT2D eigenvalue weighted by Crippen LogP contribution is -2.49. The molecule has 0 saturated carbocycles. The number of carbonyl (C=O) groups excluding carboxylic acids is 1. The van der Waals surface area contributed by atoms with Gasteiger partial charge in [-0.2, -0.15) is 13.2 Å². The molecule has 1 amide bonds. The fourth-order valence-electron chi connectivity index (χ4n) is 2.48. The van der Waals surface area contributed by atoms with Crippen molar-refractivity contribution in [2.24, 2.45) is 0 Å². The molecule has 0 spiro atoms. The molecule has 1 aromatic carbocycles. The topological polar surface area (TPSA) is 42.0 Å². The number of piperazine rings is 1. The quantitative estimate of drug-likeness (QED) is 0.789. The van der Waals surface area contributed by atoms with E-state index < -0.39 is 12.8 Å². The third-order valence-corrected chi connectivity index (χ3v) is 3.72. The number of ether oxygens (including phenoxy) is 2. The lowest BCUT2D eigenvalue weighted by Gasteiger charge is -2.34. The van der Waals surface area contributed by atoms with Crippen molar-refractivity contribution in [3.8, 4) is 5.75 Å². The van der Waals surface area contributed by atoms with E-state index in [0.29, 0.717) is 19.6 Å². The van der Waals surface area contributed by atoms with Crippen molar-refractivity contribution in [2.75, 3.05) is 46.5 Å². The van der Waals surface area contributed by atoms with Crippen molar-refractivity contribution in [3.63, 3.8) is 0 Å². The molecule has 0 bridgehead atoms. The van der Waals surface area contributed by atoms with E-state index in [-0.39, 0.29) is 18.3 Å². The number of rotatable bonds is 6. The van der Waals surface area contributed by atoms with Gasteiger partial charge in [0.1, 0.15) is 12.4 Å². The molecule has 1 aromatic rings. The number of methoxy groups -OCH3 is 1. The average Bonchev–Trinajstić information content (AvgIpc) is 2.54. The zero-order valence-electron chi connectivity index (χ0n) is 13.5. The molecule has 0 atom stereocenters. The first kappa shape index (κ1) is 18.5. The number of alkyl halides is 3. The molecular formula is C16H21F3N2O3. The smallest absolute Gasteiger partial charge is 0.422 e. The van der Waals surface area contributed by atoms with Gasteiger partial charge in [0.2, 0.25) is 5.91 Å². The van der Waals surface area contributed by atoms with Gasteiger partial charge in [-0.05, 0) is 17.7 Å². The minimum Gasteiger partial charge on any atom is -0.484 e. The van der Waals surface area contributed by atoms with Crippen LogP contribution >= 0.6 is 0 Å². The number of carbonyl (C=O) groups is 1. The lowest BCUT2D eigenvalue weighted by molar-refractivity contribution is -0.153. The maximum atomic E-state index is 12.1. The summed E-state index contributed by atoms with van der Waals surface area (Å²) in [6.45, 7) is 2.29. The highest BCUT2D eigenvalue weighted by atomic mass is 19.4. The van der Waals surface area contributed by atoms with Crippen LogP contribution in [-0.4, -0.2) is 68.4 Å². The fourth-order valence-corrected chi connectivity index (χ4v) is 2.48. The Bertz CT molecular complexity index is 526. The van der Waals surface area contributed by atoms with Crippen LogP contribution in [0.25, 0.3) is 0 Å². The summed E-state index contributed by atoms with van der Waals surface area (Å²) >= 11 is 0. The van der Waals surface area contributed by atoms with Crippen LogP contribution in [0.5, 0.6) is 5.75 Å².